The highest BCUT2D eigenvalue weighted by molar-refractivity contribution is 7.92. The van der Waals surface area contributed by atoms with Crippen LogP contribution in [0.2, 0.25) is 0 Å². The lowest BCUT2D eigenvalue weighted by Gasteiger charge is -2.10. The molecule has 4 rings (SSSR count). The lowest BCUT2D eigenvalue weighted by molar-refractivity contribution is 0.551. The molecular formula is C20H16F2N2O2S. The van der Waals surface area contributed by atoms with Crippen molar-refractivity contribution in [2.24, 2.45) is 0 Å². The van der Waals surface area contributed by atoms with Crippen molar-refractivity contribution >= 4 is 37.5 Å². The molecule has 0 unspecified atom stereocenters. The molecule has 3 aromatic carbocycles. The number of rotatable bonds is 4. The molecule has 0 amide bonds. The molecule has 7 heteroatoms. The Kier molecular flexibility index (Phi) is 4.11. The third kappa shape index (κ3) is 2.94. The van der Waals surface area contributed by atoms with E-state index in [1.54, 1.807) is 12.1 Å². The quantitative estimate of drug-likeness (QED) is 0.543. The molecule has 27 heavy (non-hydrogen) atoms. The lowest BCUT2D eigenvalue weighted by Crippen LogP contribution is -2.14. The van der Waals surface area contributed by atoms with Crippen LogP contribution in [-0.4, -0.2) is 13.0 Å². The molecule has 4 aromatic rings. The first-order chi connectivity index (χ1) is 12.9. The number of anilines is 1. The van der Waals surface area contributed by atoms with Crippen molar-refractivity contribution in [2.75, 3.05) is 4.72 Å². The van der Waals surface area contributed by atoms with Crippen LogP contribution in [0.4, 0.5) is 14.5 Å². The van der Waals surface area contributed by atoms with Crippen molar-refractivity contribution in [1.82, 2.24) is 4.57 Å². The maximum Gasteiger partial charge on any atom is 0.264 e. The molecule has 0 atom stereocenters. The van der Waals surface area contributed by atoms with Gasteiger partial charge in [0, 0.05) is 40.1 Å². The number of para-hydroxylation sites is 1. The van der Waals surface area contributed by atoms with E-state index in [0.717, 1.165) is 40.5 Å². The monoisotopic (exact) mass is 386 g/mol. The summed E-state index contributed by atoms with van der Waals surface area (Å²) in [4.78, 5) is -0.597. The van der Waals surface area contributed by atoms with Crippen LogP contribution < -0.4 is 4.72 Å². The fourth-order valence-electron chi connectivity index (χ4n) is 3.36. The summed E-state index contributed by atoms with van der Waals surface area (Å²) in [7, 11) is -4.18. The van der Waals surface area contributed by atoms with Gasteiger partial charge < -0.3 is 4.57 Å². The summed E-state index contributed by atoms with van der Waals surface area (Å²) in [5.41, 5.74) is 2.35. The van der Waals surface area contributed by atoms with Gasteiger partial charge in [0.1, 0.15) is 16.5 Å². The van der Waals surface area contributed by atoms with Crippen molar-refractivity contribution < 1.29 is 17.2 Å². The minimum atomic E-state index is -4.18. The minimum Gasteiger partial charge on any atom is -0.341 e. The Labute approximate surface area is 155 Å². The fourth-order valence-corrected chi connectivity index (χ4v) is 4.47. The number of sulfonamides is 1. The molecule has 1 aromatic heterocycles. The molecule has 4 nitrogen and oxygen atoms in total. The Balaban J connectivity index is 1.82. The van der Waals surface area contributed by atoms with Gasteiger partial charge >= 0.3 is 0 Å². The molecule has 0 spiro atoms. The standard InChI is InChI=1S/C20H16F2N2O2S/c1-2-24-18-6-4-3-5-15(18)16-12-14(8-9-19(16)24)23-27(25,26)20-10-7-13(21)11-17(20)22/h3-12,23H,2H2,1H3. The van der Waals surface area contributed by atoms with Gasteiger partial charge in [0.2, 0.25) is 0 Å². The second-order valence-corrected chi connectivity index (χ2v) is 7.82. The SMILES string of the molecule is CCn1c2ccccc2c2cc(NS(=O)(=O)c3ccc(F)cc3F)ccc21. The molecule has 0 bridgehead atoms. The summed E-state index contributed by atoms with van der Waals surface area (Å²) in [6.07, 6.45) is 0. The van der Waals surface area contributed by atoms with Gasteiger partial charge in [-0.25, -0.2) is 17.2 Å². The molecule has 1 N–H and O–H groups in total. The number of nitrogens with one attached hydrogen (secondary N) is 1. The van der Waals surface area contributed by atoms with E-state index < -0.39 is 26.6 Å². The summed E-state index contributed by atoms with van der Waals surface area (Å²) in [5.74, 6) is -1.97. The number of benzene rings is 3. The van der Waals surface area contributed by atoms with Crippen LogP contribution in [0.5, 0.6) is 0 Å². The number of hydrogen-bond donors (Lipinski definition) is 1. The number of nitrogens with zero attached hydrogens (tertiary/aromatic N) is 1. The van der Waals surface area contributed by atoms with Gasteiger partial charge in [-0.1, -0.05) is 18.2 Å². The van der Waals surface area contributed by atoms with Gasteiger partial charge in [0.15, 0.2) is 0 Å². The van der Waals surface area contributed by atoms with E-state index in [1.807, 2.05) is 37.3 Å². The van der Waals surface area contributed by atoms with Gasteiger partial charge in [-0.3, -0.25) is 4.72 Å². The second kappa shape index (κ2) is 6.35. The zero-order chi connectivity index (χ0) is 19.2. The van der Waals surface area contributed by atoms with Crippen LogP contribution in [0, 0.1) is 11.6 Å². The molecule has 0 aliphatic heterocycles. The topological polar surface area (TPSA) is 51.1 Å². The highest BCUT2D eigenvalue weighted by atomic mass is 32.2. The zero-order valence-corrected chi connectivity index (χ0v) is 15.2. The Hall–Kier alpha value is -2.93. The van der Waals surface area contributed by atoms with Gasteiger partial charge in [-0.05, 0) is 43.3 Å². The van der Waals surface area contributed by atoms with Crippen LogP contribution >= 0.6 is 0 Å². The Morgan fingerprint density at radius 3 is 2.41 bits per heavy atom. The molecule has 0 aliphatic carbocycles. The van der Waals surface area contributed by atoms with Crippen molar-refractivity contribution in [3.63, 3.8) is 0 Å². The third-order valence-corrected chi connectivity index (χ3v) is 5.94. The van der Waals surface area contributed by atoms with Crippen molar-refractivity contribution in [3.8, 4) is 0 Å². The average Bonchev–Trinajstić information content (AvgIpc) is 2.94. The van der Waals surface area contributed by atoms with E-state index in [4.69, 9.17) is 0 Å². The molecule has 1 heterocycles. The van der Waals surface area contributed by atoms with E-state index in [-0.39, 0.29) is 0 Å². The predicted molar refractivity (Wildman–Crippen MR) is 102 cm³/mol. The largest absolute Gasteiger partial charge is 0.341 e. The van der Waals surface area contributed by atoms with Crippen molar-refractivity contribution in [3.05, 3.63) is 72.3 Å². The van der Waals surface area contributed by atoms with Gasteiger partial charge in [0.25, 0.3) is 10.0 Å². The van der Waals surface area contributed by atoms with Gasteiger partial charge in [-0.2, -0.15) is 0 Å². The van der Waals surface area contributed by atoms with E-state index in [0.29, 0.717) is 11.8 Å². The number of halogens is 2. The highest BCUT2D eigenvalue weighted by Crippen LogP contribution is 2.31. The summed E-state index contributed by atoms with van der Waals surface area (Å²) in [5, 5.41) is 1.90. The summed E-state index contributed by atoms with van der Waals surface area (Å²) in [6.45, 7) is 2.82. The van der Waals surface area contributed by atoms with E-state index >= 15 is 0 Å². The van der Waals surface area contributed by atoms with Gasteiger partial charge in [-0.15, -0.1) is 0 Å². The molecule has 0 fully saturated rings. The number of aryl methyl sites for hydroxylation is 1. The van der Waals surface area contributed by atoms with Crippen LogP contribution in [-0.2, 0) is 16.6 Å². The molecule has 0 aliphatic rings. The van der Waals surface area contributed by atoms with Crippen LogP contribution in [0.25, 0.3) is 21.8 Å². The van der Waals surface area contributed by atoms with Crippen LogP contribution in [0.3, 0.4) is 0 Å². The molecule has 0 saturated heterocycles. The summed E-state index contributed by atoms with van der Waals surface area (Å²) in [6, 6.07) is 15.4. The van der Waals surface area contributed by atoms with E-state index in [2.05, 4.69) is 9.29 Å². The number of hydrogen-bond acceptors (Lipinski definition) is 2. The fraction of sp³-hybridized carbons (Fsp3) is 0.100. The van der Waals surface area contributed by atoms with Crippen LogP contribution in [0.15, 0.2) is 65.6 Å². The van der Waals surface area contributed by atoms with Gasteiger partial charge in [0.05, 0.1) is 0 Å². The zero-order valence-electron chi connectivity index (χ0n) is 14.4. The second-order valence-electron chi connectivity index (χ2n) is 6.17. The normalized spacial score (nSPS) is 12.0. The summed E-state index contributed by atoms with van der Waals surface area (Å²) < 4.78 is 56.5. The molecular weight excluding hydrogens is 370 g/mol. The Morgan fingerprint density at radius 1 is 0.926 bits per heavy atom. The van der Waals surface area contributed by atoms with Crippen LogP contribution in [0.1, 0.15) is 6.92 Å². The first kappa shape index (κ1) is 17.5. The number of fused-ring (bicyclic) bond motifs is 3. The van der Waals surface area contributed by atoms with Crippen molar-refractivity contribution in [2.45, 2.75) is 18.4 Å². The minimum absolute atomic E-state index is 0.310. The van der Waals surface area contributed by atoms with E-state index in [1.165, 1.54) is 0 Å². The third-order valence-electron chi connectivity index (χ3n) is 4.52. The molecule has 138 valence electrons. The smallest absolute Gasteiger partial charge is 0.264 e. The first-order valence-electron chi connectivity index (χ1n) is 8.39. The highest BCUT2D eigenvalue weighted by Gasteiger charge is 2.20. The first-order valence-corrected chi connectivity index (χ1v) is 9.88. The molecule has 0 radical (unpaired) electrons. The predicted octanol–water partition coefficient (Wildman–Crippen LogP) is 4.89. The Bertz CT molecular complexity index is 1280. The Morgan fingerprint density at radius 2 is 1.67 bits per heavy atom. The molecule has 0 saturated carbocycles. The number of aromatic nitrogens is 1. The maximum absolute atomic E-state index is 13.9. The summed E-state index contributed by atoms with van der Waals surface area (Å²) >= 11 is 0. The maximum atomic E-state index is 13.9. The van der Waals surface area contributed by atoms with E-state index in [9.17, 15) is 17.2 Å². The van der Waals surface area contributed by atoms with Crippen molar-refractivity contribution in [1.29, 1.82) is 0 Å². The lowest BCUT2D eigenvalue weighted by atomic mass is 10.1. The average molecular weight is 386 g/mol.